The molecular formula is C14H11BrO2S. The zero-order chi connectivity index (χ0) is 13.0. The van der Waals surface area contributed by atoms with Crippen molar-refractivity contribution in [2.24, 2.45) is 0 Å². The van der Waals surface area contributed by atoms with E-state index < -0.39 is 0 Å². The van der Waals surface area contributed by atoms with Crippen LogP contribution >= 0.6 is 28.1 Å². The molecule has 0 aliphatic rings. The number of halogens is 1. The summed E-state index contributed by atoms with van der Waals surface area (Å²) in [6.07, 6.45) is 0. The van der Waals surface area contributed by atoms with Crippen molar-refractivity contribution in [3.05, 3.63) is 58.6 Å². The molecule has 0 aliphatic carbocycles. The molecule has 92 valence electrons. The number of benzene rings is 2. The predicted molar refractivity (Wildman–Crippen MR) is 79.5 cm³/mol. The van der Waals surface area contributed by atoms with E-state index in [1.165, 1.54) is 0 Å². The molecule has 0 saturated heterocycles. The van der Waals surface area contributed by atoms with Crippen LogP contribution in [0.3, 0.4) is 0 Å². The molecule has 2 aromatic rings. The van der Waals surface area contributed by atoms with Crippen LogP contribution < -0.4 is 9.47 Å². The van der Waals surface area contributed by atoms with E-state index in [4.69, 9.17) is 21.7 Å². The largest absolute Gasteiger partial charge is 0.497 e. The standard InChI is InChI=1S/C14H11BrO2S/c1-16-12-7-11(15)8-13(9-12)17-14(18)10-5-3-2-4-6-10/h2-9H,1H3. The van der Waals surface area contributed by atoms with Gasteiger partial charge in [-0.2, -0.15) is 0 Å². The van der Waals surface area contributed by atoms with Crippen LogP contribution in [0.5, 0.6) is 11.5 Å². The summed E-state index contributed by atoms with van der Waals surface area (Å²) in [4.78, 5) is 0. The van der Waals surface area contributed by atoms with Crippen molar-refractivity contribution in [1.29, 1.82) is 0 Å². The van der Waals surface area contributed by atoms with Gasteiger partial charge in [0.1, 0.15) is 11.5 Å². The van der Waals surface area contributed by atoms with Crippen LogP contribution in [0, 0.1) is 0 Å². The van der Waals surface area contributed by atoms with Gasteiger partial charge in [-0.25, -0.2) is 0 Å². The average Bonchev–Trinajstić information content (AvgIpc) is 2.39. The Morgan fingerprint density at radius 3 is 2.39 bits per heavy atom. The van der Waals surface area contributed by atoms with Crippen molar-refractivity contribution in [1.82, 2.24) is 0 Å². The van der Waals surface area contributed by atoms with Crippen molar-refractivity contribution in [3.8, 4) is 11.5 Å². The van der Waals surface area contributed by atoms with Gasteiger partial charge in [-0.15, -0.1) is 0 Å². The Bertz CT molecular complexity index is 555. The Balaban J connectivity index is 2.19. The summed E-state index contributed by atoms with van der Waals surface area (Å²) in [5.41, 5.74) is 0.881. The minimum atomic E-state index is 0.441. The van der Waals surface area contributed by atoms with Crippen molar-refractivity contribution in [2.75, 3.05) is 7.11 Å². The van der Waals surface area contributed by atoms with Crippen LogP contribution in [0.1, 0.15) is 5.56 Å². The summed E-state index contributed by atoms with van der Waals surface area (Å²) < 4.78 is 11.7. The fourth-order valence-corrected chi connectivity index (χ4v) is 2.14. The summed E-state index contributed by atoms with van der Waals surface area (Å²) in [5.74, 6) is 1.37. The van der Waals surface area contributed by atoms with Crippen LogP contribution in [0.2, 0.25) is 0 Å². The molecule has 2 nitrogen and oxygen atoms in total. The quantitative estimate of drug-likeness (QED) is 0.788. The van der Waals surface area contributed by atoms with Crippen LogP contribution in [0.15, 0.2) is 53.0 Å². The second kappa shape index (κ2) is 5.98. The molecule has 0 amide bonds. The van der Waals surface area contributed by atoms with Crippen molar-refractivity contribution in [2.45, 2.75) is 0 Å². The molecule has 0 saturated carbocycles. The van der Waals surface area contributed by atoms with E-state index in [9.17, 15) is 0 Å². The maximum atomic E-state index is 5.65. The lowest BCUT2D eigenvalue weighted by molar-refractivity contribution is 0.411. The Morgan fingerprint density at radius 1 is 1.06 bits per heavy atom. The van der Waals surface area contributed by atoms with Gasteiger partial charge in [0.05, 0.1) is 7.11 Å². The first kappa shape index (κ1) is 13.1. The zero-order valence-corrected chi connectivity index (χ0v) is 12.1. The van der Waals surface area contributed by atoms with E-state index in [0.717, 1.165) is 15.8 Å². The number of thiocarbonyl (C=S) groups is 1. The number of ether oxygens (including phenoxy) is 2. The third-order valence-electron chi connectivity index (χ3n) is 2.30. The molecule has 0 N–H and O–H groups in total. The summed E-state index contributed by atoms with van der Waals surface area (Å²) in [5, 5.41) is 0.441. The second-order valence-corrected chi connectivity index (χ2v) is 4.87. The molecule has 0 radical (unpaired) electrons. The SMILES string of the molecule is COc1cc(Br)cc(OC(=S)c2ccccc2)c1. The lowest BCUT2D eigenvalue weighted by Crippen LogP contribution is -2.06. The van der Waals surface area contributed by atoms with Crippen LogP contribution in [-0.4, -0.2) is 12.2 Å². The van der Waals surface area contributed by atoms with E-state index in [2.05, 4.69) is 15.9 Å². The van der Waals surface area contributed by atoms with Gasteiger partial charge in [0.15, 0.2) is 5.05 Å². The molecule has 0 aliphatic heterocycles. The first-order chi connectivity index (χ1) is 8.69. The number of methoxy groups -OCH3 is 1. The number of rotatable bonds is 3. The Hall–Kier alpha value is -1.39. The third kappa shape index (κ3) is 3.31. The van der Waals surface area contributed by atoms with Crippen LogP contribution in [-0.2, 0) is 0 Å². The van der Waals surface area contributed by atoms with E-state index in [1.54, 1.807) is 13.2 Å². The van der Waals surface area contributed by atoms with Crippen molar-refractivity contribution >= 4 is 33.2 Å². The van der Waals surface area contributed by atoms with E-state index in [1.807, 2.05) is 42.5 Å². The fraction of sp³-hybridized carbons (Fsp3) is 0.0714. The summed E-state index contributed by atoms with van der Waals surface area (Å²) in [7, 11) is 1.61. The highest BCUT2D eigenvalue weighted by atomic mass is 79.9. The topological polar surface area (TPSA) is 18.5 Å². The first-order valence-electron chi connectivity index (χ1n) is 5.31. The highest BCUT2D eigenvalue weighted by Gasteiger charge is 2.06. The molecule has 0 fully saturated rings. The minimum Gasteiger partial charge on any atom is -0.497 e. The molecule has 2 rings (SSSR count). The van der Waals surface area contributed by atoms with Gasteiger partial charge < -0.3 is 9.47 Å². The Morgan fingerprint density at radius 2 is 1.72 bits per heavy atom. The molecule has 0 bridgehead atoms. The molecule has 0 aromatic heterocycles. The van der Waals surface area contributed by atoms with Crippen LogP contribution in [0.4, 0.5) is 0 Å². The van der Waals surface area contributed by atoms with Gasteiger partial charge in [0.2, 0.25) is 0 Å². The average molecular weight is 323 g/mol. The predicted octanol–water partition coefficient (Wildman–Crippen LogP) is 4.21. The Labute approximate surface area is 120 Å². The molecular weight excluding hydrogens is 312 g/mol. The first-order valence-corrected chi connectivity index (χ1v) is 6.51. The van der Waals surface area contributed by atoms with Gasteiger partial charge in [-0.1, -0.05) is 46.3 Å². The zero-order valence-electron chi connectivity index (χ0n) is 9.72. The maximum absolute atomic E-state index is 5.65. The van der Waals surface area contributed by atoms with Gasteiger partial charge in [0, 0.05) is 16.1 Å². The van der Waals surface area contributed by atoms with Gasteiger partial charge in [0.25, 0.3) is 0 Å². The highest BCUT2D eigenvalue weighted by molar-refractivity contribution is 9.10. The molecule has 18 heavy (non-hydrogen) atoms. The molecule has 2 aromatic carbocycles. The summed E-state index contributed by atoms with van der Waals surface area (Å²) in [6.45, 7) is 0. The smallest absolute Gasteiger partial charge is 0.198 e. The summed E-state index contributed by atoms with van der Waals surface area (Å²) in [6, 6.07) is 15.1. The molecule has 0 atom stereocenters. The monoisotopic (exact) mass is 322 g/mol. The fourth-order valence-electron chi connectivity index (χ4n) is 1.45. The third-order valence-corrected chi connectivity index (χ3v) is 3.08. The normalized spacial score (nSPS) is 9.89. The van der Waals surface area contributed by atoms with Crippen molar-refractivity contribution in [3.63, 3.8) is 0 Å². The van der Waals surface area contributed by atoms with Gasteiger partial charge in [-0.05, 0) is 24.4 Å². The van der Waals surface area contributed by atoms with E-state index >= 15 is 0 Å². The van der Waals surface area contributed by atoms with Gasteiger partial charge in [-0.3, -0.25) is 0 Å². The van der Waals surface area contributed by atoms with E-state index in [0.29, 0.717) is 10.8 Å². The van der Waals surface area contributed by atoms with Crippen molar-refractivity contribution < 1.29 is 9.47 Å². The highest BCUT2D eigenvalue weighted by Crippen LogP contribution is 2.26. The van der Waals surface area contributed by atoms with Crippen LogP contribution in [0.25, 0.3) is 0 Å². The summed E-state index contributed by atoms with van der Waals surface area (Å²) >= 11 is 8.64. The minimum absolute atomic E-state index is 0.441. The number of hydrogen-bond acceptors (Lipinski definition) is 3. The number of hydrogen-bond donors (Lipinski definition) is 0. The Kier molecular flexibility index (Phi) is 4.33. The molecule has 0 heterocycles. The lowest BCUT2D eigenvalue weighted by Gasteiger charge is -2.09. The molecule has 0 spiro atoms. The maximum Gasteiger partial charge on any atom is 0.198 e. The second-order valence-electron chi connectivity index (χ2n) is 3.58. The molecule has 4 heteroatoms. The van der Waals surface area contributed by atoms with Gasteiger partial charge >= 0.3 is 0 Å². The van der Waals surface area contributed by atoms with E-state index in [-0.39, 0.29) is 0 Å². The lowest BCUT2D eigenvalue weighted by atomic mass is 10.2. The molecule has 0 unspecified atom stereocenters.